The molecule has 0 aliphatic carbocycles. The van der Waals surface area contributed by atoms with Gasteiger partial charge in [0.1, 0.15) is 18.1 Å². The largest absolute Gasteiger partial charge is 0.488 e. The number of ether oxygens (including phenoxy) is 2. The molecule has 1 N–H and O–H groups in total. The zero-order valence-corrected chi connectivity index (χ0v) is 18.3. The van der Waals surface area contributed by atoms with Crippen LogP contribution in [0.4, 0.5) is 0 Å². The average Bonchev–Trinajstić information content (AvgIpc) is 2.78. The van der Waals surface area contributed by atoms with Gasteiger partial charge in [-0.3, -0.25) is 4.79 Å². The molecule has 0 saturated heterocycles. The fourth-order valence-electron chi connectivity index (χ4n) is 2.68. The van der Waals surface area contributed by atoms with Gasteiger partial charge in [0.15, 0.2) is 6.61 Å². The van der Waals surface area contributed by atoms with Crippen LogP contribution < -0.4 is 14.9 Å². The summed E-state index contributed by atoms with van der Waals surface area (Å²) in [7, 11) is 0. The maximum Gasteiger partial charge on any atom is 0.277 e. The third kappa shape index (κ3) is 6.46. The van der Waals surface area contributed by atoms with E-state index in [0.29, 0.717) is 18.1 Å². The van der Waals surface area contributed by atoms with E-state index in [9.17, 15) is 4.79 Å². The van der Waals surface area contributed by atoms with Gasteiger partial charge >= 0.3 is 0 Å². The average molecular weight is 467 g/mol. The van der Waals surface area contributed by atoms with Crippen LogP contribution in [0.15, 0.2) is 82.4 Å². The first-order chi connectivity index (χ1) is 14.7. The van der Waals surface area contributed by atoms with Crippen LogP contribution in [-0.4, -0.2) is 18.7 Å². The van der Waals surface area contributed by atoms with Crippen molar-refractivity contribution in [2.75, 3.05) is 6.61 Å². The number of aryl methyl sites for hydroxylation is 1. The standard InChI is InChI=1S/C24H23BrN2O3/c1-2-18-12-13-23(21(25)14-18)30-17-24(28)27-26-15-20-10-6-7-11-22(20)29-16-19-8-4-3-5-9-19/h3-15H,2,16-17H2,1H3,(H,27,28)/b26-15+. The van der Waals surface area contributed by atoms with Gasteiger partial charge in [-0.25, -0.2) is 5.43 Å². The minimum atomic E-state index is -0.347. The molecular formula is C24H23BrN2O3. The predicted octanol–water partition coefficient (Wildman–Crippen LogP) is 5.12. The van der Waals surface area contributed by atoms with Crippen LogP contribution >= 0.6 is 15.9 Å². The first-order valence-electron chi connectivity index (χ1n) is 9.64. The summed E-state index contributed by atoms with van der Waals surface area (Å²) in [5.74, 6) is 0.960. The van der Waals surface area contributed by atoms with Crippen molar-refractivity contribution < 1.29 is 14.3 Å². The van der Waals surface area contributed by atoms with Crippen molar-refractivity contribution in [2.45, 2.75) is 20.0 Å². The number of rotatable bonds is 9. The number of nitrogens with one attached hydrogen (secondary N) is 1. The molecule has 0 aliphatic rings. The second-order valence-electron chi connectivity index (χ2n) is 6.51. The fourth-order valence-corrected chi connectivity index (χ4v) is 3.23. The molecule has 3 aromatic carbocycles. The van der Waals surface area contributed by atoms with Gasteiger partial charge in [0.2, 0.25) is 0 Å². The van der Waals surface area contributed by atoms with Crippen LogP contribution in [0.2, 0.25) is 0 Å². The summed E-state index contributed by atoms with van der Waals surface area (Å²) in [6, 6.07) is 23.3. The van der Waals surface area contributed by atoms with Crippen molar-refractivity contribution in [1.82, 2.24) is 5.43 Å². The third-order valence-electron chi connectivity index (χ3n) is 4.31. The van der Waals surface area contributed by atoms with Gasteiger partial charge in [0, 0.05) is 5.56 Å². The van der Waals surface area contributed by atoms with Crippen LogP contribution in [0.5, 0.6) is 11.5 Å². The van der Waals surface area contributed by atoms with Crippen LogP contribution in [0.1, 0.15) is 23.6 Å². The molecule has 5 nitrogen and oxygen atoms in total. The van der Waals surface area contributed by atoms with Gasteiger partial charge in [-0.15, -0.1) is 0 Å². The molecule has 0 aromatic heterocycles. The summed E-state index contributed by atoms with van der Waals surface area (Å²) >= 11 is 3.46. The van der Waals surface area contributed by atoms with Crippen LogP contribution in [0.25, 0.3) is 0 Å². The Bertz CT molecular complexity index is 1010. The number of benzene rings is 3. The van der Waals surface area contributed by atoms with E-state index >= 15 is 0 Å². The molecule has 0 spiro atoms. The Balaban J connectivity index is 1.52. The van der Waals surface area contributed by atoms with Crippen LogP contribution in [0, 0.1) is 0 Å². The van der Waals surface area contributed by atoms with Gasteiger partial charge < -0.3 is 9.47 Å². The Morgan fingerprint density at radius 2 is 1.73 bits per heavy atom. The van der Waals surface area contributed by atoms with Crippen LogP contribution in [0.3, 0.4) is 0 Å². The van der Waals surface area contributed by atoms with Crippen molar-refractivity contribution in [2.24, 2.45) is 5.10 Å². The Morgan fingerprint density at radius 3 is 2.50 bits per heavy atom. The smallest absolute Gasteiger partial charge is 0.277 e. The molecule has 0 saturated carbocycles. The maximum atomic E-state index is 12.0. The lowest BCUT2D eigenvalue weighted by Gasteiger charge is -2.09. The predicted molar refractivity (Wildman–Crippen MR) is 122 cm³/mol. The summed E-state index contributed by atoms with van der Waals surface area (Å²) in [6.07, 6.45) is 2.49. The minimum Gasteiger partial charge on any atom is -0.488 e. The first kappa shape index (κ1) is 21.6. The molecule has 0 bridgehead atoms. The molecule has 0 atom stereocenters. The number of amides is 1. The summed E-state index contributed by atoms with van der Waals surface area (Å²) in [6.45, 7) is 2.41. The van der Waals surface area contributed by atoms with E-state index in [1.807, 2.05) is 72.8 Å². The Labute approximate surface area is 184 Å². The van der Waals surface area contributed by atoms with Gasteiger partial charge in [-0.05, 0) is 57.7 Å². The van der Waals surface area contributed by atoms with Gasteiger partial charge in [-0.1, -0.05) is 55.5 Å². The number of hydrogen-bond acceptors (Lipinski definition) is 4. The fraction of sp³-hybridized carbons (Fsp3) is 0.167. The minimum absolute atomic E-state index is 0.131. The van der Waals surface area contributed by atoms with Crippen molar-refractivity contribution in [3.05, 3.63) is 94.0 Å². The molecule has 0 fully saturated rings. The first-order valence-corrected chi connectivity index (χ1v) is 10.4. The highest BCUT2D eigenvalue weighted by molar-refractivity contribution is 9.10. The Morgan fingerprint density at radius 1 is 0.967 bits per heavy atom. The molecule has 154 valence electrons. The highest BCUT2D eigenvalue weighted by Gasteiger charge is 2.06. The van der Waals surface area contributed by atoms with E-state index in [1.165, 1.54) is 5.56 Å². The van der Waals surface area contributed by atoms with Crippen LogP contribution in [-0.2, 0) is 17.8 Å². The summed E-state index contributed by atoms with van der Waals surface area (Å²) in [5, 5.41) is 4.02. The van der Waals surface area contributed by atoms with E-state index in [0.717, 1.165) is 22.0 Å². The number of nitrogens with zero attached hydrogens (tertiary/aromatic N) is 1. The molecular weight excluding hydrogens is 444 g/mol. The lowest BCUT2D eigenvalue weighted by molar-refractivity contribution is -0.123. The Kier molecular flexibility index (Phi) is 8.03. The topological polar surface area (TPSA) is 59.9 Å². The summed E-state index contributed by atoms with van der Waals surface area (Å²) in [5.41, 5.74) is 5.52. The quantitative estimate of drug-likeness (QED) is 0.351. The molecule has 0 aliphatic heterocycles. The highest BCUT2D eigenvalue weighted by atomic mass is 79.9. The number of hydrogen-bond donors (Lipinski definition) is 1. The highest BCUT2D eigenvalue weighted by Crippen LogP contribution is 2.26. The van der Waals surface area contributed by atoms with Crippen molar-refractivity contribution in [3.63, 3.8) is 0 Å². The second-order valence-corrected chi connectivity index (χ2v) is 7.37. The van der Waals surface area contributed by atoms with Crippen molar-refractivity contribution in [3.8, 4) is 11.5 Å². The Hall–Kier alpha value is -3.12. The lowest BCUT2D eigenvalue weighted by atomic mass is 10.2. The van der Waals surface area contributed by atoms with Gasteiger partial charge in [-0.2, -0.15) is 5.10 Å². The summed E-state index contributed by atoms with van der Waals surface area (Å²) < 4.78 is 12.3. The van der Waals surface area contributed by atoms with Crippen molar-refractivity contribution >= 4 is 28.1 Å². The lowest BCUT2D eigenvalue weighted by Crippen LogP contribution is -2.24. The molecule has 0 unspecified atom stereocenters. The molecule has 3 rings (SSSR count). The molecule has 1 amide bonds. The normalized spacial score (nSPS) is 10.7. The SMILES string of the molecule is CCc1ccc(OCC(=O)N/N=C/c2ccccc2OCc2ccccc2)c(Br)c1. The van der Waals surface area contributed by atoms with E-state index in [4.69, 9.17) is 9.47 Å². The number of carbonyl (C=O) groups excluding carboxylic acids is 1. The number of halogens is 1. The number of hydrazone groups is 1. The van der Waals surface area contributed by atoms with E-state index in [-0.39, 0.29) is 12.5 Å². The number of carbonyl (C=O) groups is 1. The van der Waals surface area contributed by atoms with Gasteiger partial charge in [0.05, 0.1) is 10.7 Å². The molecule has 3 aromatic rings. The second kappa shape index (κ2) is 11.2. The molecule has 0 heterocycles. The molecule has 0 radical (unpaired) electrons. The monoisotopic (exact) mass is 466 g/mol. The maximum absolute atomic E-state index is 12.0. The third-order valence-corrected chi connectivity index (χ3v) is 4.93. The van der Waals surface area contributed by atoms with E-state index in [1.54, 1.807) is 6.21 Å². The van der Waals surface area contributed by atoms with E-state index < -0.39 is 0 Å². The molecule has 6 heteroatoms. The van der Waals surface area contributed by atoms with Crippen molar-refractivity contribution in [1.29, 1.82) is 0 Å². The number of para-hydroxylation sites is 1. The van der Waals surface area contributed by atoms with Gasteiger partial charge in [0.25, 0.3) is 5.91 Å². The zero-order chi connectivity index (χ0) is 21.2. The summed E-state index contributed by atoms with van der Waals surface area (Å²) in [4.78, 5) is 12.0. The van der Waals surface area contributed by atoms with E-state index in [2.05, 4.69) is 33.4 Å². The zero-order valence-electron chi connectivity index (χ0n) is 16.7. The molecule has 30 heavy (non-hydrogen) atoms.